The molecule has 0 aliphatic rings. The standard InChI is InChI=1S/C24H19F7O/c1-2-14-22(24(29,30)31,17-4-3-5-18(15-17)23(26,27)28)16-6-10-20(11-7-16)32-21-12-8-19(25)9-13-21/h3-13,15H,2,14H2,1H3. The Bertz CT molecular complexity index is 1040. The third-order valence-electron chi connectivity index (χ3n) is 5.19. The molecule has 0 aliphatic carbocycles. The molecular weight excluding hydrogens is 437 g/mol. The van der Waals surface area contributed by atoms with Crippen molar-refractivity contribution >= 4 is 0 Å². The lowest BCUT2D eigenvalue weighted by molar-refractivity contribution is -0.180. The number of hydrogen-bond donors (Lipinski definition) is 0. The normalized spacial score (nSPS) is 14.1. The molecule has 0 amide bonds. The topological polar surface area (TPSA) is 9.23 Å². The van der Waals surface area contributed by atoms with Gasteiger partial charge in [-0.05, 0) is 60.0 Å². The van der Waals surface area contributed by atoms with E-state index in [2.05, 4.69) is 0 Å². The summed E-state index contributed by atoms with van der Waals surface area (Å²) in [6.45, 7) is 1.54. The first-order valence-electron chi connectivity index (χ1n) is 9.76. The van der Waals surface area contributed by atoms with Gasteiger partial charge in [0.05, 0.1) is 5.56 Å². The molecule has 0 N–H and O–H groups in total. The number of ether oxygens (including phenoxy) is 1. The summed E-state index contributed by atoms with van der Waals surface area (Å²) in [5, 5.41) is 0. The van der Waals surface area contributed by atoms with Crippen LogP contribution in [0.25, 0.3) is 0 Å². The highest BCUT2D eigenvalue weighted by molar-refractivity contribution is 5.45. The molecule has 0 bridgehead atoms. The lowest BCUT2D eigenvalue weighted by atomic mass is 9.70. The Kier molecular flexibility index (Phi) is 6.53. The second kappa shape index (κ2) is 8.84. The largest absolute Gasteiger partial charge is 0.457 e. The third kappa shape index (κ3) is 4.74. The summed E-state index contributed by atoms with van der Waals surface area (Å²) in [7, 11) is 0. The zero-order valence-electron chi connectivity index (χ0n) is 16.9. The number of alkyl halides is 6. The average Bonchev–Trinajstić information content (AvgIpc) is 2.73. The molecule has 0 saturated heterocycles. The van der Waals surface area contributed by atoms with E-state index >= 15 is 0 Å². The highest BCUT2D eigenvalue weighted by Crippen LogP contribution is 2.50. The lowest BCUT2D eigenvalue weighted by Crippen LogP contribution is -2.43. The van der Waals surface area contributed by atoms with Gasteiger partial charge in [0.1, 0.15) is 22.7 Å². The van der Waals surface area contributed by atoms with Gasteiger partial charge < -0.3 is 4.74 Å². The molecule has 0 spiro atoms. The minimum Gasteiger partial charge on any atom is -0.457 e. The number of benzene rings is 3. The highest BCUT2D eigenvalue weighted by Gasteiger charge is 2.56. The van der Waals surface area contributed by atoms with Crippen LogP contribution in [0.5, 0.6) is 11.5 Å². The Morgan fingerprint density at radius 3 is 1.72 bits per heavy atom. The summed E-state index contributed by atoms with van der Waals surface area (Å²) in [5.74, 6) is 0.0213. The predicted molar refractivity (Wildman–Crippen MR) is 106 cm³/mol. The molecule has 3 aromatic rings. The van der Waals surface area contributed by atoms with Gasteiger partial charge in [-0.2, -0.15) is 26.3 Å². The zero-order valence-corrected chi connectivity index (χ0v) is 16.9. The van der Waals surface area contributed by atoms with Crippen LogP contribution in [0, 0.1) is 5.82 Å². The van der Waals surface area contributed by atoms with Crippen LogP contribution >= 0.6 is 0 Å². The highest BCUT2D eigenvalue weighted by atomic mass is 19.4. The van der Waals surface area contributed by atoms with Gasteiger partial charge in [0.2, 0.25) is 0 Å². The first-order chi connectivity index (χ1) is 15.0. The zero-order chi connectivity index (χ0) is 23.6. The van der Waals surface area contributed by atoms with Crippen LogP contribution < -0.4 is 4.74 Å². The average molecular weight is 456 g/mol. The van der Waals surface area contributed by atoms with E-state index in [0.717, 1.165) is 18.2 Å². The smallest absolute Gasteiger partial charge is 0.416 e. The molecule has 0 fully saturated rings. The van der Waals surface area contributed by atoms with Crippen LogP contribution in [0.15, 0.2) is 72.8 Å². The first kappa shape index (κ1) is 23.6. The van der Waals surface area contributed by atoms with E-state index in [9.17, 15) is 30.7 Å². The summed E-state index contributed by atoms with van der Waals surface area (Å²) in [6.07, 6.45) is -9.97. The quantitative estimate of drug-likeness (QED) is 0.339. The minimum absolute atomic E-state index is 0.0869. The SMILES string of the molecule is CCCC(c1ccc(Oc2ccc(F)cc2)cc1)(c1cccc(C(F)(F)F)c1)C(F)(F)F. The van der Waals surface area contributed by atoms with Gasteiger partial charge in [-0.3, -0.25) is 0 Å². The van der Waals surface area contributed by atoms with Crippen molar-refractivity contribution in [2.24, 2.45) is 0 Å². The minimum atomic E-state index is -4.85. The summed E-state index contributed by atoms with van der Waals surface area (Å²) in [4.78, 5) is 0. The number of halogens is 7. The lowest BCUT2D eigenvalue weighted by Gasteiger charge is -2.37. The second-order valence-electron chi connectivity index (χ2n) is 7.31. The van der Waals surface area contributed by atoms with Crippen molar-refractivity contribution in [1.82, 2.24) is 0 Å². The molecule has 170 valence electrons. The van der Waals surface area contributed by atoms with Gasteiger partial charge in [-0.15, -0.1) is 0 Å². The van der Waals surface area contributed by atoms with Gasteiger partial charge >= 0.3 is 12.4 Å². The van der Waals surface area contributed by atoms with E-state index in [-0.39, 0.29) is 23.5 Å². The molecule has 0 aliphatic heterocycles. The maximum Gasteiger partial charge on any atom is 0.416 e. The maximum absolute atomic E-state index is 14.5. The molecule has 0 heterocycles. The molecule has 3 rings (SSSR count). The Morgan fingerprint density at radius 1 is 0.688 bits per heavy atom. The van der Waals surface area contributed by atoms with E-state index < -0.39 is 41.1 Å². The van der Waals surface area contributed by atoms with E-state index in [0.29, 0.717) is 6.07 Å². The number of hydrogen-bond acceptors (Lipinski definition) is 1. The molecule has 3 aromatic carbocycles. The molecule has 1 unspecified atom stereocenters. The van der Waals surface area contributed by atoms with Crippen molar-refractivity contribution in [2.45, 2.75) is 37.5 Å². The van der Waals surface area contributed by atoms with Crippen LogP contribution in [-0.2, 0) is 11.6 Å². The van der Waals surface area contributed by atoms with Crippen molar-refractivity contribution in [3.05, 3.63) is 95.3 Å². The second-order valence-corrected chi connectivity index (χ2v) is 7.31. The van der Waals surface area contributed by atoms with Crippen LogP contribution in [0.2, 0.25) is 0 Å². The van der Waals surface area contributed by atoms with Gasteiger partial charge in [0, 0.05) is 0 Å². The number of rotatable bonds is 6. The molecule has 32 heavy (non-hydrogen) atoms. The fourth-order valence-electron chi connectivity index (χ4n) is 3.71. The molecule has 0 aromatic heterocycles. The Labute approximate surface area is 180 Å². The van der Waals surface area contributed by atoms with Crippen LogP contribution in [0.4, 0.5) is 30.7 Å². The van der Waals surface area contributed by atoms with Crippen LogP contribution in [0.3, 0.4) is 0 Å². The van der Waals surface area contributed by atoms with Crippen LogP contribution in [0.1, 0.15) is 36.5 Å². The van der Waals surface area contributed by atoms with Gasteiger partial charge in [-0.25, -0.2) is 4.39 Å². The maximum atomic E-state index is 14.5. The van der Waals surface area contributed by atoms with Crippen molar-refractivity contribution in [3.63, 3.8) is 0 Å². The molecule has 0 radical (unpaired) electrons. The van der Waals surface area contributed by atoms with E-state index in [1.807, 2.05) is 0 Å². The Balaban J connectivity index is 2.07. The van der Waals surface area contributed by atoms with Crippen molar-refractivity contribution in [3.8, 4) is 11.5 Å². The monoisotopic (exact) mass is 456 g/mol. The van der Waals surface area contributed by atoms with E-state index in [1.165, 1.54) is 48.5 Å². The van der Waals surface area contributed by atoms with Crippen molar-refractivity contribution in [2.75, 3.05) is 0 Å². The summed E-state index contributed by atoms with van der Waals surface area (Å²) in [6, 6.07) is 13.5. The van der Waals surface area contributed by atoms with Gasteiger partial charge in [0.25, 0.3) is 0 Å². The van der Waals surface area contributed by atoms with E-state index in [4.69, 9.17) is 4.74 Å². The summed E-state index contributed by atoms with van der Waals surface area (Å²) in [5.41, 5.74) is -4.44. The van der Waals surface area contributed by atoms with E-state index in [1.54, 1.807) is 6.92 Å². The molecule has 1 nitrogen and oxygen atoms in total. The summed E-state index contributed by atoms with van der Waals surface area (Å²) < 4.78 is 102. The third-order valence-corrected chi connectivity index (χ3v) is 5.19. The molecular formula is C24H19F7O. The Hall–Kier alpha value is -3.03. The summed E-state index contributed by atoms with van der Waals surface area (Å²) >= 11 is 0. The fraction of sp³-hybridized carbons (Fsp3) is 0.250. The fourth-order valence-corrected chi connectivity index (χ4v) is 3.71. The van der Waals surface area contributed by atoms with Crippen LogP contribution in [-0.4, -0.2) is 6.18 Å². The molecule has 1 atom stereocenters. The van der Waals surface area contributed by atoms with Gasteiger partial charge in [-0.1, -0.05) is 43.7 Å². The Morgan fingerprint density at radius 2 is 1.22 bits per heavy atom. The predicted octanol–water partition coefficient (Wildman–Crippen LogP) is 8.29. The van der Waals surface area contributed by atoms with Crippen molar-refractivity contribution < 1.29 is 35.5 Å². The van der Waals surface area contributed by atoms with Gasteiger partial charge in [0.15, 0.2) is 0 Å². The van der Waals surface area contributed by atoms with Crippen molar-refractivity contribution in [1.29, 1.82) is 0 Å². The molecule has 0 saturated carbocycles. The molecule has 8 heteroatoms. The first-order valence-corrected chi connectivity index (χ1v) is 9.76.